The van der Waals surface area contributed by atoms with Gasteiger partial charge >= 0.3 is 6.03 Å². The van der Waals surface area contributed by atoms with Crippen LogP contribution in [-0.4, -0.2) is 70.8 Å². The van der Waals surface area contributed by atoms with Crippen molar-refractivity contribution in [1.29, 1.82) is 0 Å². The highest BCUT2D eigenvalue weighted by molar-refractivity contribution is 5.73. The maximum atomic E-state index is 12.0. The fourth-order valence-electron chi connectivity index (χ4n) is 2.98. The summed E-state index contributed by atoms with van der Waals surface area (Å²) in [5, 5.41) is 4.63. The number of carbonyl (C=O) groups excluding carboxylic acids is 1. The summed E-state index contributed by atoms with van der Waals surface area (Å²) in [6, 6.07) is 10.3. The second kappa shape index (κ2) is 7.05. The monoisotopic (exact) mass is 327 g/mol. The molecule has 1 aromatic heterocycles. The minimum absolute atomic E-state index is 0.0997. The third-order valence-electron chi connectivity index (χ3n) is 4.44. The van der Waals surface area contributed by atoms with Crippen molar-refractivity contribution in [3.8, 4) is 5.69 Å². The molecule has 0 saturated carbocycles. The molecule has 0 spiro atoms. The Labute approximate surface area is 143 Å². The van der Waals surface area contributed by atoms with Crippen LogP contribution < -0.4 is 0 Å². The van der Waals surface area contributed by atoms with Crippen LogP contribution in [-0.2, 0) is 6.54 Å². The molecule has 2 heterocycles. The lowest BCUT2D eigenvalue weighted by atomic mass is 10.2. The Morgan fingerprint density at radius 2 is 1.79 bits per heavy atom. The third-order valence-corrected chi connectivity index (χ3v) is 4.44. The minimum atomic E-state index is 0.0997. The number of aromatic nitrogens is 2. The van der Waals surface area contributed by atoms with Crippen LogP contribution in [0.25, 0.3) is 5.69 Å². The third kappa shape index (κ3) is 3.59. The molecule has 1 aliphatic heterocycles. The summed E-state index contributed by atoms with van der Waals surface area (Å²) >= 11 is 0. The first-order valence-electron chi connectivity index (χ1n) is 8.34. The second-order valence-corrected chi connectivity index (χ2v) is 6.46. The van der Waals surface area contributed by atoms with Crippen LogP contribution >= 0.6 is 0 Å². The summed E-state index contributed by atoms with van der Waals surface area (Å²) in [7, 11) is 3.60. The number of piperazine rings is 1. The lowest BCUT2D eigenvalue weighted by Gasteiger charge is -2.35. The molecule has 24 heavy (non-hydrogen) atoms. The van der Waals surface area contributed by atoms with Crippen molar-refractivity contribution >= 4 is 6.03 Å². The number of urea groups is 1. The molecule has 1 aromatic carbocycles. The number of benzene rings is 1. The van der Waals surface area contributed by atoms with E-state index in [1.165, 1.54) is 5.56 Å². The maximum absolute atomic E-state index is 12.0. The molecule has 2 aromatic rings. The van der Waals surface area contributed by atoms with E-state index in [-0.39, 0.29) is 6.03 Å². The van der Waals surface area contributed by atoms with Gasteiger partial charge < -0.3 is 9.80 Å². The van der Waals surface area contributed by atoms with E-state index in [9.17, 15) is 4.79 Å². The van der Waals surface area contributed by atoms with Gasteiger partial charge in [-0.05, 0) is 19.1 Å². The summed E-state index contributed by atoms with van der Waals surface area (Å²) in [5.41, 5.74) is 3.38. The van der Waals surface area contributed by atoms with Crippen molar-refractivity contribution in [2.75, 3.05) is 40.3 Å². The molecule has 0 aliphatic carbocycles. The summed E-state index contributed by atoms with van der Waals surface area (Å²) in [6.07, 6.45) is 2.11. The van der Waals surface area contributed by atoms with Crippen LogP contribution in [0, 0.1) is 6.92 Å². The van der Waals surface area contributed by atoms with Gasteiger partial charge in [-0.3, -0.25) is 4.90 Å². The smallest absolute Gasteiger partial charge is 0.319 e. The Morgan fingerprint density at radius 1 is 1.12 bits per heavy atom. The van der Waals surface area contributed by atoms with Crippen LogP contribution in [0.4, 0.5) is 4.79 Å². The van der Waals surface area contributed by atoms with Gasteiger partial charge in [0.05, 0.1) is 11.4 Å². The lowest BCUT2D eigenvalue weighted by molar-refractivity contribution is 0.120. The fraction of sp³-hybridized carbons (Fsp3) is 0.444. The molecule has 6 heteroatoms. The molecule has 0 bridgehead atoms. The van der Waals surface area contributed by atoms with E-state index in [1.807, 2.05) is 27.8 Å². The highest BCUT2D eigenvalue weighted by Crippen LogP contribution is 2.15. The van der Waals surface area contributed by atoms with E-state index in [2.05, 4.69) is 35.3 Å². The average molecular weight is 327 g/mol. The van der Waals surface area contributed by atoms with Crippen molar-refractivity contribution in [1.82, 2.24) is 24.5 Å². The molecule has 0 unspecified atom stereocenters. The van der Waals surface area contributed by atoms with Crippen LogP contribution in [0.3, 0.4) is 0 Å². The molecule has 2 amide bonds. The van der Waals surface area contributed by atoms with Crippen molar-refractivity contribution in [3.05, 3.63) is 47.8 Å². The van der Waals surface area contributed by atoms with Gasteiger partial charge in [-0.15, -0.1) is 0 Å². The van der Waals surface area contributed by atoms with Gasteiger partial charge in [-0.25, -0.2) is 9.48 Å². The number of aryl methyl sites for hydroxylation is 1. The number of nitrogens with zero attached hydrogens (tertiary/aromatic N) is 5. The quantitative estimate of drug-likeness (QED) is 0.866. The van der Waals surface area contributed by atoms with Crippen molar-refractivity contribution in [3.63, 3.8) is 0 Å². The van der Waals surface area contributed by atoms with E-state index in [4.69, 9.17) is 0 Å². The Kier molecular flexibility index (Phi) is 4.85. The van der Waals surface area contributed by atoms with E-state index in [0.717, 1.165) is 44.1 Å². The first kappa shape index (κ1) is 16.5. The molecule has 3 rings (SSSR count). The highest BCUT2D eigenvalue weighted by Gasteiger charge is 2.22. The minimum Gasteiger partial charge on any atom is -0.331 e. The molecule has 128 valence electrons. The Morgan fingerprint density at radius 3 is 2.42 bits per heavy atom. The fourth-order valence-corrected chi connectivity index (χ4v) is 2.98. The molecule has 1 saturated heterocycles. The van der Waals surface area contributed by atoms with Gasteiger partial charge in [-0.2, -0.15) is 5.10 Å². The molecule has 1 fully saturated rings. The van der Waals surface area contributed by atoms with E-state index >= 15 is 0 Å². The standard InChI is InChI=1S/C18H25N5O/c1-15-16(14-23(19-15)17-7-5-4-6-8-17)13-21-9-11-22(12-10-21)18(24)20(2)3/h4-8,14H,9-13H2,1-3H3. The predicted octanol–water partition coefficient (Wildman–Crippen LogP) is 1.98. The zero-order chi connectivity index (χ0) is 17.1. The van der Waals surface area contributed by atoms with Crippen molar-refractivity contribution in [2.24, 2.45) is 0 Å². The lowest BCUT2D eigenvalue weighted by Crippen LogP contribution is -2.51. The first-order valence-corrected chi connectivity index (χ1v) is 8.34. The van der Waals surface area contributed by atoms with Crippen molar-refractivity contribution in [2.45, 2.75) is 13.5 Å². The van der Waals surface area contributed by atoms with Gasteiger partial charge in [0.25, 0.3) is 0 Å². The second-order valence-electron chi connectivity index (χ2n) is 6.46. The van der Waals surface area contributed by atoms with E-state index in [1.54, 1.807) is 19.0 Å². The molecular formula is C18H25N5O. The van der Waals surface area contributed by atoms with Crippen molar-refractivity contribution < 1.29 is 4.79 Å². The zero-order valence-corrected chi connectivity index (χ0v) is 14.6. The number of hydrogen-bond donors (Lipinski definition) is 0. The van der Waals surface area contributed by atoms with Gasteiger partial charge in [-0.1, -0.05) is 18.2 Å². The van der Waals surface area contributed by atoms with Crippen LogP contribution in [0.15, 0.2) is 36.5 Å². The SMILES string of the molecule is Cc1nn(-c2ccccc2)cc1CN1CCN(C(=O)N(C)C)CC1. The zero-order valence-electron chi connectivity index (χ0n) is 14.6. The average Bonchev–Trinajstić information content (AvgIpc) is 2.96. The van der Waals surface area contributed by atoms with Crippen LogP contribution in [0.2, 0.25) is 0 Å². The van der Waals surface area contributed by atoms with Crippen LogP contribution in [0.1, 0.15) is 11.3 Å². The Balaban J connectivity index is 1.62. The number of carbonyl (C=O) groups is 1. The van der Waals surface area contributed by atoms with Gasteiger partial charge in [0.1, 0.15) is 0 Å². The molecule has 0 N–H and O–H groups in total. The van der Waals surface area contributed by atoms with Crippen LogP contribution in [0.5, 0.6) is 0 Å². The number of amides is 2. The molecular weight excluding hydrogens is 302 g/mol. The summed E-state index contributed by atoms with van der Waals surface area (Å²) in [5.74, 6) is 0. The summed E-state index contributed by atoms with van der Waals surface area (Å²) in [4.78, 5) is 17.9. The van der Waals surface area contributed by atoms with E-state index in [0.29, 0.717) is 0 Å². The molecule has 6 nitrogen and oxygen atoms in total. The first-order chi connectivity index (χ1) is 11.5. The molecule has 1 aliphatic rings. The Bertz CT molecular complexity index is 687. The predicted molar refractivity (Wildman–Crippen MR) is 94.2 cm³/mol. The normalized spacial score (nSPS) is 15.5. The number of hydrogen-bond acceptors (Lipinski definition) is 3. The number of rotatable bonds is 3. The largest absolute Gasteiger partial charge is 0.331 e. The van der Waals surface area contributed by atoms with E-state index < -0.39 is 0 Å². The summed E-state index contributed by atoms with van der Waals surface area (Å²) in [6.45, 7) is 6.29. The summed E-state index contributed by atoms with van der Waals surface area (Å²) < 4.78 is 1.94. The Hall–Kier alpha value is -2.34. The van der Waals surface area contributed by atoms with Gasteiger partial charge in [0.2, 0.25) is 0 Å². The number of para-hydroxylation sites is 1. The molecule has 0 atom stereocenters. The highest BCUT2D eigenvalue weighted by atomic mass is 16.2. The molecule has 0 radical (unpaired) electrons. The maximum Gasteiger partial charge on any atom is 0.319 e. The van der Waals surface area contributed by atoms with Gasteiger partial charge in [0, 0.05) is 58.6 Å². The topological polar surface area (TPSA) is 44.6 Å². The van der Waals surface area contributed by atoms with Gasteiger partial charge in [0.15, 0.2) is 0 Å².